The molecule has 1 aromatic carbocycles. The van der Waals surface area contributed by atoms with Crippen LogP contribution < -0.4 is 15.8 Å². The van der Waals surface area contributed by atoms with E-state index >= 15 is 0 Å². The third-order valence-electron chi connectivity index (χ3n) is 4.30. The summed E-state index contributed by atoms with van der Waals surface area (Å²) in [5, 5.41) is 11.8. The summed E-state index contributed by atoms with van der Waals surface area (Å²) in [4.78, 5) is 31.9. The maximum absolute atomic E-state index is 12.3. The van der Waals surface area contributed by atoms with Gasteiger partial charge in [-0.2, -0.15) is 0 Å². The first-order valence-corrected chi connectivity index (χ1v) is 8.70. The number of aliphatic carboxylic acids is 1. The molecule has 0 bridgehead atoms. The Hall–Kier alpha value is -3.62. The molecule has 0 aliphatic carbocycles. The zero-order chi connectivity index (χ0) is 20.1. The summed E-state index contributed by atoms with van der Waals surface area (Å²) < 4.78 is 6.79. The molecule has 9 nitrogen and oxygen atoms in total. The van der Waals surface area contributed by atoms with Gasteiger partial charge in [0.2, 0.25) is 11.9 Å². The molecular formula is C19H21N5O4. The molecule has 2 heterocycles. The van der Waals surface area contributed by atoms with E-state index < -0.39 is 17.9 Å². The minimum Gasteiger partial charge on any atom is -0.497 e. The molecule has 2 aromatic heterocycles. The van der Waals surface area contributed by atoms with Gasteiger partial charge in [0.05, 0.1) is 13.5 Å². The Labute approximate surface area is 161 Å². The van der Waals surface area contributed by atoms with Crippen LogP contribution in [-0.2, 0) is 16.0 Å². The first kappa shape index (κ1) is 19.2. The number of carboxylic acid groups (broad SMARTS) is 1. The van der Waals surface area contributed by atoms with Crippen LogP contribution >= 0.6 is 0 Å². The maximum atomic E-state index is 12.3. The van der Waals surface area contributed by atoms with Gasteiger partial charge in [0, 0.05) is 19.2 Å². The molecule has 28 heavy (non-hydrogen) atoms. The summed E-state index contributed by atoms with van der Waals surface area (Å²) in [6.07, 6.45) is 1.85. The third-order valence-corrected chi connectivity index (χ3v) is 4.30. The minimum atomic E-state index is -0.932. The molecule has 0 saturated carbocycles. The monoisotopic (exact) mass is 383 g/mol. The fourth-order valence-corrected chi connectivity index (χ4v) is 2.93. The van der Waals surface area contributed by atoms with Crippen molar-refractivity contribution in [1.29, 1.82) is 0 Å². The number of nitrogens with zero attached hydrogens (tertiary/aromatic N) is 3. The van der Waals surface area contributed by atoms with E-state index in [-0.39, 0.29) is 13.0 Å². The number of aromatic nitrogens is 3. The van der Waals surface area contributed by atoms with E-state index in [1.54, 1.807) is 30.0 Å². The molecule has 0 radical (unpaired) electrons. The first-order chi connectivity index (χ1) is 13.5. The van der Waals surface area contributed by atoms with Gasteiger partial charge in [0.15, 0.2) is 5.65 Å². The minimum absolute atomic E-state index is 0.0870. The number of methoxy groups -OCH3 is 1. The molecular weight excluding hydrogens is 362 g/mol. The molecule has 9 heteroatoms. The van der Waals surface area contributed by atoms with Gasteiger partial charge in [-0.1, -0.05) is 12.1 Å². The van der Waals surface area contributed by atoms with Crippen molar-refractivity contribution < 1.29 is 19.4 Å². The van der Waals surface area contributed by atoms with Crippen LogP contribution in [0.3, 0.4) is 0 Å². The number of hydrogen-bond acceptors (Lipinski definition) is 6. The predicted octanol–water partition coefficient (Wildman–Crippen LogP) is 1.60. The smallest absolute Gasteiger partial charge is 0.305 e. The summed E-state index contributed by atoms with van der Waals surface area (Å²) in [5.74, 6) is -0.405. The number of benzene rings is 1. The van der Waals surface area contributed by atoms with Crippen LogP contribution in [-0.4, -0.2) is 45.2 Å². The molecule has 1 amide bonds. The van der Waals surface area contributed by atoms with Crippen LogP contribution in [0.4, 0.5) is 5.95 Å². The molecule has 0 saturated heterocycles. The Morgan fingerprint density at radius 1 is 1.29 bits per heavy atom. The number of primary amides is 1. The molecule has 4 N–H and O–H groups in total. The number of amides is 1. The molecule has 1 unspecified atom stereocenters. The molecule has 146 valence electrons. The highest BCUT2D eigenvalue weighted by atomic mass is 16.5. The van der Waals surface area contributed by atoms with E-state index in [1.165, 1.54) is 0 Å². The lowest BCUT2D eigenvalue weighted by molar-refractivity contribution is -0.136. The normalized spacial score (nSPS) is 11.9. The topological polar surface area (TPSA) is 132 Å². The molecule has 0 spiro atoms. The second kappa shape index (κ2) is 8.38. The molecule has 1 atom stereocenters. The van der Waals surface area contributed by atoms with Crippen molar-refractivity contribution >= 4 is 29.0 Å². The molecule has 3 rings (SSSR count). The zero-order valence-electron chi connectivity index (χ0n) is 15.3. The summed E-state index contributed by atoms with van der Waals surface area (Å²) in [6.45, 7) is 0.159. The molecule has 3 aromatic rings. The Kier molecular flexibility index (Phi) is 5.73. The lowest BCUT2D eigenvalue weighted by Gasteiger charge is -2.19. The van der Waals surface area contributed by atoms with Gasteiger partial charge >= 0.3 is 5.97 Å². The summed E-state index contributed by atoms with van der Waals surface area (Å²) in [7, 11) is 1.58. The number of pyridine rings is 1. The number of nitrogens with two attached hydrogens (primary N) is 1. The van der Waals surface area contributed by atoms with Crippen LogP contribution in [0, 0.1) is 0 Å². The summed E-state index contributed by atoms with van der Waals surface area (Å²) >= 11 is 0. The lowest BCUT2D eigenvalue weighted by Crippen LogP contribution is -2.29. The van der Waals surface area contributed by atoms with Gasteiger partial charge in [-0.3, -0.25) is 14.2 Å². The number of anilines is 1. The van der Waals surface area contributed by atoms with Crippen molar-refractivity contribution in [2.75, 3.05) is 19.0 Å². The van der Waals surface area contributed by atoms with Crippen LogP contribution in [0.25, 0.3) is 11.2 Å². The molecule has 0 aliphatic heterocycles. The Bertz CT molecular complexity index is 984. The predicted molar refractivity (Wildman–Crippen MR) is 103 cm³/mol. The van der Waals surface area contributed by atoms with E-state index in [0.29, 0.717) is 29.3 Å². The van der Waals surface area contributed by atoms with Gasteiger partial charge in [-0.15, -0.1) is 0 Å². The number of fused-ring (bicyclic) bond motifs is 1. The van der Waals surface area contributed by atoms with Crippen molar-refractivity contribution in [2.24, 2.45) is 5.73 Å². The fraction of sp³-hybridized carbons (Fsp3) is 0.263. The van der Waals surface area contributed by atoms with Gasteiger partial charge in [0.1, 0.15) is 17.3 Å². The average molecular weight is 383 g/mol. The Morgan fingerprint density at radius 2 is 2.04 bits per heavy atom. The van der Waals surface area contributed by atoms with Crippen molar-refractivity contribution in [3.63, 3.8) is 0 Å². The van der Waals surface area contributed by atoms with E-state index in [9.17, 15) is 9.59 Å². The zero-order valence-corrected chi connectivity index (χ0v) is 15.3. The lowest BCUT2D eigenvalue weighted by atomic mass is 10.0. The van der Waals surface area contributed by atoms with Gasteiger partial charge in [-0.25, -0.2) is 9.97 Å². The second-order valence-corrected chi connectivity index (χ2v) is 6.19. The Balaban J connectivity index is 1.98. The van der Waals surface area contributed by atoms with Gasteiger partial charge in [-0.05, 0) is 29.8 Å². The van der Waals surface area contributed by atoms with Gasteiger partial charge in [0.25, 0.3) is 0 Å². The maximum Gasteiger partial charge on any atom is 0.305 e. The van der Waals surface area contributed by atoms with Crippen molar-refractivity contribution in [1.82, 2.24) is 14.5 Å². The van der Waals surface area contributed by atoms with Gasteiger partial charge < -0.3 is 20.9 Å². The first-order valence-electron chi connectivity index (χ1n) is 8.70. The fourth-order valence-electron chi connectivity index (χ4n) is 2.93. The number of carboxylic acids is 1. The largest absolute Gasteiger partial charge is 0.497 e. The molecule has 0 fully saturated rings. The Morgan fingerprint density at radius 3 is 2.68 bits per heavy atom. The highest BCUT2D eigenvalue weighted by Gasteiger charge is 2.25. The highest BCUT2D eigenvalue weighted by Crippen LogP contribution is 2.26. The second-order valence-electron chi connectivity index (χ2n) is 6.19. The van der Waals surface area contributed by atoms with E-state index in [4.69, 9.17) is 15.6 Å². The number of carbonyl (C=O) groups excluding carboxylic acids is 1. The summed E-state index contributed by atoms with van der Waals surface area (Å²) in [5.41, 5.74) is 7.68. The standard InChI is InChI=1S/C19H21N5O4/c1-28-13-6-4-12(5-7-13)11-15(17(20)27)24-18-14(3-2-9-21-18)23-19(24)22-10-8-16(25)26/h2-7,9,15H,8,10-11H2,1H3,(H2,20,27)(H,22,23)(H,25,26). The summed E-state index contributed by atoms with van der Waals surface area (Å²) in [6, 6.07) is 10.1. The molecule has 0 aliphatic rings. The van der Waals surface area contributed by atoms with Crippen molar-refractivity contribution in [3.8, 4) is 5.75 Å². The highest BCUT2D eigenvalue weighted by molar-refractivity contribution is 5.83. The van der Waals surface area contributed by atoms with Crippen molar-refractivity contribution in [2.45, 2.75) is 18.9 Å². The van der Waals surface area contributed by atoms with E-state index in [0.717, 1.165) is 5.56 Å². The number of rotatable bonds is 9. The van der Waals surface area contributed by atoms with Crippen LogP contribution in [0.1, 0.15) is 18.0 Å². The van der Waals surface area contributed by atoms with Crippen LogP contribution in [0.15, 0.2) is 42.6 Å². The van der Waals surface area contributed by atoms with Crippen LogP contribution in [0.2, 0.25) is 0 Å². The third kappa shape index (κ3) is 4.20. The quantitative estimate of drug-likeness (QED) is 0.511. The van der Waals surface area contributed by atoms with Crippen molar-refractivity contribution in [3.05, 3.63) is 48.2 Å². The average Bonchev–Trinajstić information content (AvgIpc) is 3.04. The van der Waals surface area contributed by atoms with E-state index in [2.05, 4.69) is 15.3 Å². The number of imidazole rings is 1. The number of nitrogens with one attached hydrogen (secondary N) is 1. The van der Waals surface area contributed by atoms with E-state index in [1.807, 2.05) is 24.3 Å². The number of hydrogen-bond donors (Lipinski definition) is 3. The number of carbonyl (C=O) groups is 2. The SMILES string of the molecule is COc1ccc(CC(C(N)=O)n2c(NCCC(=O)O)nc3cccnc32)cc1. The number of ether oxygens (including phenoxy) is 1. The van der Waals surface area contributed by atoms with Crippen LogP contribution in [0.5, 0.6) is 5.75 Å².